The van der Waals surface area contributed by atoms with Gasteiger partial charge in [0.25, 0.3) is 0 Å². The zero-order chi connectivity index (χ0) is 13.7. The van der Waals surface area contributed by atoms with Gasteiger partial charge in [-0.25, -0.2) is 4.99 Å². The number of anilines is 1. The second kappa shape index (κ2) is 8.34. The van der Waals surface area contributed by atoms with Gasteiger partial charge in [0.15, 0.2) is 5.96 Å². The third kappa shape index (κ3) is 5.56. The van der Waals surface area contributed by atoms with Crippen molar-refractivity contribution in [2.24, 2.45) is 4.99 Å². The highest BCUT2D eigenvalue weighted by Gasteiger charge is 2.21. The van der Waals surface area contributed by atoms with Crippen LogP contribution in [0.4, 0.5) is 5.69 Å². The van der Waals surface area contributed by atoms with E-state index in [1.165, 1.54) is 24.1 Å². The predicted molar refractivity (Wildman–Crippen MR) is 97.2 cm³/mol. The Kier molecular flexibility index (Phi) is 7.12. The van der Waals surface area contributed by atoms with E-state index in [0.717, 1.165) is 12.5 Å². The zero-order valence-electron chi connectivity index (χ0n) is 12.5. The van der Waals surface area contributed by atoms with E-state index in [1.807, 2.05) is 0 Å². The molecule has 0 unspecified atom stereocenters. The average molecular weight is 388 g/mol. The molecule has 20 heavy (non-hydrogen) atoms. The first-order valence-corrected chi connectivity index (χ1v) is 7.00. The number of hydrogen-bond donors (Lipinski definition) is 2. The fraction of sp³-hybridized carbons (Fsp3) is 0.533. The van der Waals surface area contributed by atoms with Gasteiger partial charge < -0.3 is 15.5 Å². The van der Waals surface area contributed by atoms with Gasteiger partial charge in [-0.2, -0.15) is 0 Å². The quantitative estimate of drug-likeness (QED) is 0.463. The molecule has 0 spiro atoms. The molecule has 2 rings (SSSR count). The Balaban J connectivity index is 0.00000200. The Bertz CT molecular complexity index is 441. The highest BCUT2D eigenvalue weighted by Crippen LogP contribution is 2.18. The topological polar surface area (TPSA) is 39.7 Å². The molecule has 0 radical (unpaired) electrons. The Hall–Kier alpha value is -0.980. The van der Waals surface area contributed by atoms with Gasteiger partial charge in [-0.05, 0) is 37.5 Å². The number of aliphatic imine (C=N–C) groups is 1. The molecule has 0 atom stereocenters. The average Bonchev–Trinajstić information content (AvgIpc) is 3.20. The van der Waals surface area contributed by atoms with E-state index in [2.05, 4.69) is 65.8 Å². The molecule has 2 N–H and O–H groups in total. The first kappa shape index (κ1) is 17.1. The molecule has 0 aromatic heterocycles. The third-order valence-electron chi connectivity index (χ3n) is 3.11. The van der Waals surface area contributed by atoms with Crippen LogP contribution in [0.1, 0.15) is 25.3 Å². The Morgan fingerprint density at radius 3 is 2.70 bits per heavy atom. The summed E-state index contributed by atoms with van der Waals surface area (Å²) in [6.07, 6.45) is 2.53. The highest BCUT2D eigenvalue weighted by atomic mass is 127. The van der Waals surface area contributed by atoms with Crippen LogP contribution in [0.5, 0.6) is 0 Å². The fourth-order valence-corrected chi connectivity index (χ4v) is 1.84. The molecular formula is C15H25IN4. The smallest absolute Gasteiger partial charge is 0.191 e. The predicted octanol–water partition coefficient (Wildman–Crippen LogP) is 2.59. The van der Waals surface area contributed by atoms with Crippen LogP contribution in [0.3, 0.4) is 0 Å². The summed E-state index contributed by atoms with van der Waals surface area (Å²) in [4.78, 5) is 6.75. The molecule has 112 valence electrons. The molecule has 0 heterocycles. The minimum absolute atomic E-state index is 0. The number of hydrogen-bond acceptors (Lipinski definition) is 2. The van der Waals surface area contributed by atoms with Crippen LogP contribution in [0.2, 0.25) is 0 Å². The van der Waals surface area contributed by atoms with Crippen LogP contribution in [0.15, 0.2) is 29.3 Å². The number of nitrogens with one attached hydrogen (secondary N) is 2. The number of guanidine groups is 1. The van der Waals surface area contributed by atoms with Gasteiger partial charge >= 0.3 is 0 Å². The lowest BCUT2D eigenvalue weighted by Gasteiger charge is -2.13. The van der Waals surface area contributed by atoms with Crippen molar-refractivity contribution >= 4 is 35.6 Å². The molecule has 1 fully saturated rings. The monoisotopic (exact) mass is 388 g/mol. The summed E-state index contributed by atoms with van der Waals surface area (Å²) in [5.41, 5.74) is 2.45. The molecule has 0 bridgehead atoms. The van der Waals surface area contributed by atoms with Crippen LogP contribution < -0.4 is 15.5 Å². The summed E-state index contributed by atoms with van der Waals surface area (Å²) in [6.45, 7) is 3.71. The molecule has 1 aromatic rings. The maximum Gasteiger partial charge on any atom is 0.191 e. The maximum atomic E-state index is 4.64. The fourth-order valence-electron chi connectivity index (χ4n) is 1.84. The third-order valence-corrected chi connectivity index (χ3v) is 3.11. The largest absolute Gasteiger partial charge is 0.378 e. The van der Waals surface area contributed by atoms with E-state index in [4.69, 9.17) is 0 Å². The Labute approximate surface area is 139 Å². The van der Waals surface area contributed by atoms with Crippen LogP contribution >= 0.6 is 24.0 Å². The lowest BCUT2D eigenvalue weighted by molar-refractivity contribution is 0.812. The second-order valence-electron chi connectivity index (χ2n) is 5.18. The maximum absolute atomic E-state index is 4.64. The van der Waals surface area contributed by atoms with E-state index in [-0.39, 0.29) is 24.0 Å². The standard InChI is InChI=1S/C15H24N4.HI/c1-4-16-15(18-13-8-9-13)17-11-12-6-5-7-14(10-12)19(2)3;/h5-7,10,13H,4,8-9,11H2,1-3H3,(H2,16,17,18);1H. The Morgan fingerprint density at radius 2 is 2.10 bits per heavy atom. The normalized spacial score (nSPS) is 14.4. The SMILES string of the molecule is CCNC(=NCc1cccc(N(C)C)c1)NC1CC1.I. The van der Waals surface area contributed by atoms with Crippen molar-refractivity contribution in [1.29, 1.82) is 0 Å². The van der Waals surface area contributed by atoms with Crippen molar-refractivity contribution < 1.29 is 0 Å². The van der Waals surface area contributed by atoms with Gasteiger partial charge in [-0.1, -0.05) is 12.1 Å². The van der Waals surface area contributed by atoms with E-state index < -0.39 is 0 Å². The number of nitrogens with zero attached hydrogens (tertiary/aromatic N) is 2. The molecule has 0 saturated heterocycles. The van der Waals surface area contributed by atoms with Crippen molar-refractivity contribution in [1.82, 2.24) is 10.6 Å². The first-order valence-electron chi connectivity index (χ1n) is 7.00. The van der Waals surface area contributed by atoms with E-state index in [9.17, 15) is 0 Å². The summed E-state index contributed by atoms with van der Waals surface area (Å²) in [7, 11) is 4.11. The summed E-state index contributed by atoms with van der Waals surface area (Å²) in [5.74, 6) is 0.931. The summed E-state index contributed by atoms with van der Waals surface area (Å²) in [6, 6.07) is 9.13. The van der Waals surface area contributed by atoms with Crippen molar-refractivity contribution in [3.8, 4) is 0 Å². The molecule has 4 nitrogen and oxygen atoms in total. The van der Waals surface area contributed by atoms with Crippen LogP contribution in [0, 0.1) is 0 Å². The van der Waals surface area contributed by atoms with Gasteiger partial charge in [0.2, 0.25) is 0 Å². The summed E-state index contributed by atoms with van der Waals surface area (Å²) < 4.78 is 0. The molecular weight excluding hydrogens is 363 g/mol. The highest BCUT2D eigenvalue weighted by molar-refractivity contribution is 14.0. The van der Waals surface area contributed by atoms with Crippen molar-refractivity contribution in [2.75, 3.05) is 25.5 Å². The van der Waals surface area contributed by atoms with Gasteiger partial charge in [-0.3, -0.25) is 0 Å². The van der Waals surface area contributed by atoms with Crippen LogP contribution in [-0.4, -0.2) is 32.6 Å². The van der Waals surface area contributed by atoms with Crippen molar-refractivity contribution in [2.45, 2.75) is 32.4 Å². The minimum Gasteiger partial charge on any atom is -0.378 e. The molecule has 0 aliphatic heterocycles. The minimum atomic E-state index is 0. The number of halogens is 1. The molecule has 1 aromatic carbocycles. The lowest BCUT2D eigenvalue weighted by Crippen LogP contribution is -2.38. The molecule has 1 aliphatic rings. The first-order chi connectivity index (χ1) is 9.19. The van der Waals surface area contributed by atoms with Crippen molar-refractivity contribution in [3.05, 3.63) is 29.8 Å². The number of benzene rings is 1. The van der Waals surface area contributed by atoms with Gasteiger partial charge in [-0.15, -0.1) is 24.0 Å². The van der Waals surface area contributed by atoms with E-state index in [1.54, 1.807) is 0 Å². The Morgan fingerprint density at radius 1 is 1.35 bits per heavy atom. The van der Waals surface area contributed by atoms with Gasteiger partial charge in [0.05, 0.1) is 6.54 Å². The molecule has 1 saturated carbocycles. The summed E-state index contributed by atoms with van der Waals surface area (Å²) >= 11 is 0. The molecule has 1 aliphatic carbocycles. The van der Waals surface area contributed by atoms with Gasteiger partial charge in [0, 0.05) is 32.4 Å². The summed E-state index contributed by atoms with van der Waals surface area (Å²) in [5, 5.41) is 6.72. The second-order valence-corrected chi connectivity index (χ2v) is 5.18. The lowest BCUT2D eigenvalue weighted by atomic mass is 10.2. The van der Waals surface area contributed by atoms with Gasteiger partial charge in [0.1, 0.15) is 0 Å². The zero-order valence-corrected chi connectivity index (χ0v) is 14.8. The molecule has 5 heteroatoms. The molecule has 0 amide bonds. The van der Waals surface area contributed by atoms with E-state index >= 15 is 0 Å². The van der Waals surface area contributed by atoms with Crippen LogP contribution in [0.25, 0.3) is 0 Å². The van der Waals surface area contributed by atoms with E-state index in [0.29, 0.717) is 12.6 Å². The van der Waals surface area contributed by atoms with Crippen molar-refractivity contribution in [3.63, 3.8) is 0 Å². The number of rotatable bonds is 5. The van der Waals surface area contributed by atoms with Crippen LogP contribution in [-0.2, 0) is 6.54 Å².